The standard InChI is InChI=1S/C8H14O3S/c9-12(10,11)7-8-5-3-1-2-4-6-8/h3,5,8H,1-2,4,6-7H2,(H,9,10,11). The fourth-order valence-electron chi connectivity index (χ4n) is 1.46. The predicted octanol–water partition coefficient (Wildman–Crippen LogP) is 1.62. The second-order valence-electron chi connectivity index (χ2n) is 3.22. The van der Waals surface area contributed by atoms with Crippen molar-refractivity contribution in [3.63, 3.8) is 0 Å². The summed E-state index contributed by atoms with van der Waals surface area (Å²) in [6.45, 7) is 0. The van der Waals surface area contributed by atoms with Crippen molar-refractivity contribution in [1.29, 1.82) is 0 Å². The first-order chi connectivity index (χ1) is 5.58. The van der Waals surface area contributed by atoms with Gasteiger partial charge in [0.25, 0.3) is 10.1 Å². The normalized spacial score (nSPS) is 25.2. The molecule has 0 aromatic carbocycles. The summed E-state index contributed by atoms with van der Waals surface area (Å²) in [6.07, 6.45) is 7.98. The minimum Gasteiger partial charge on any atom is -0.286 e. The third kappa shape index (κ3) is 3.88. The van der Waals surface area contributed by atoms with Crippen molar-refractivity contribution in [2.45, 2.75) is 25.7 Å². The zero-order valence-corrected chi connectivity index (χ0v) is 7.76. The molecule has 0 radical (unpaired) electrons. The lowest BCUT2D eigenvalue weighted by Gasteiger charge is -2.07. The van der Waals surface area contributed by atoms with Gasteiger partial charge in [0.15, 0.2) is 0 Å². The molecule has 0 spiro atoms. The molecule has 0 amide bonds. The maximum atomic E-state index is 10.5. The van der Waals surface area contributed by atoms with Crippen LogP contribution >= 0.6 is 0 Å². The molecule has 0 saturated heterocycles. The summed E-state index contributed by atoms with van der Waals surface area (Å²) in [6, 6.07) is 0. The topological polar surface area (TPSA) is 54.4 Å². The van der Waals surface area contributed by atoms with Gasteiger partial charge in [0.2, 0.25) is 0 Å². The summed E-state index contributed by atoms with van der Waals surface area (Å²) in [5.74, 6) is -0.105. The molecule has 3 nitrogen and oxygen atoms in total. The van der Waals surface area contributed by atoms with Gasteiger partial charge in [0.05, 0.1) is 5.75 Å². The van der Waals surface area contributed by atoms with Gasteiger partial charge in [-0.3, -0.25) is 4.55 Å². The monoisotopic (exact) mass is 190 g/mol. The van der Waals surface area contributed by atoms with Gasteiger partial charge in [-0.1, -0.05) is 18.6 Å². The molecule has 0 saturated carbocycles. The molecule has 1 atom stereocenters. The Morgan fingerprint density at radius 2 is 2.17 bits per heavy atom. The van der Waals surface area contributed by atoms with E-state index in [-0.39, 0.29) is 11.7 Å². The highest BCUT2D eigenvalue weighted by molar-refractivity contribution is 7.85. The highest BCUT2D eigenvalue weighted by Crippen LogP contribution is 2.17. The van der Waals surface area contributed by atoms with Crippen LogP contribution in [0.4, 0.5) is 0 Å². The molecule has 1 aliphatic rings. The van der Waals surface area contributed by atoms with Crippen molar-refractivity contribution in [3.05, 3.63) is 12.2 Å². The van der Waals surface area contributed by atoms with Crippen molar-refractivity contribution in [1.82, 2.24) is 0 Å². The Labute approximate surface area is 73.2 Å². The third-order valence-electron chi connectivity index (χ3n) is 2.03. The van der Waals surface area contributed by atoms with E-state index in [2.05, 4.69) is 0 Å². The van der Waals surface area contributed by atoms with Gasteiger partial charge in [-0.15, -0.1) is 0 Å². The van der Waals surface area contributed by atoms with Gasteiger partial charge in [0.1, 0.15) is 0 Å². The minimum absolute atomic E-state index is 0.0162. The largest absolute Gasteiger partial charge is 0.286 e. The van der Waals surface area contributed by atoms with Gasteiger partial charge in [0, 0.05) is 0 Å². The van der Waals surface area contributed by atoms with Crippen LogP contribution in [-0.4, -0.2) is 18.7 Å². The molecule has 70 valence electrons. The second kappa shape index (κ2) is 4.05. The molecule has 1 aliphatic carbocycles. The Kier molecular flexibility index (Phi) is 3.29. The van der Waals surface area contributed by atoms with E-state index in [1.54, 1.807) is 0 Å². The Bertz CT molecular complexity index is 253. The zero-order chi connectivity index (χ0) is 9.03. The molecule has 0 aromatic rings. The molecule has 4 heteroatoms. The van der Waals surface area contributed by atoms with E-state index in [1.807, 2.05) is 12.2 Å². The van der Waals surface area contributed by atoms with Crippen LogP contribution in [-0.2, 0) is 10.1 Å². The summed E-state index contributed by atoms with van der Waals surface area (Å²) in [4.78, 5) is 0. The van der Waals surface area contributed by atoms with E-state index in [1.165, 1.54) is 0 Å². The molecule has 1 N–H and O–H groups in total. The Hall–Kier alpha value is -0.350. The van der Waals surface area contributed by atoms with Crippen molar-refractivity contribution >= 4 is 10.1 Å². The maximum Gasteiger partial charge on any atom is 0.265 e. The van der Waals surface area contributed by atoms with E-state index >= 15 is 0 Å². The average Bonchev–Trinajstić information content (AvgIpc) is 2.12. The lowest BCUT2D eigenvalue weighted by atomic mass is 10.1. The molecule has 0 heterocycles. The van der Waals surface area contributed by atoms with Gasteiger partial charge < -0.3 is 0 Å². The lowest BCUT2D eigenvalue weighted by Crippen LogP contribution is -2.12. The maximum absolute atomic E-state index is 10.5. The Morgan fingerprint density at radius 3 is 2.83 bits per heavy atom. The molecule has 0 aliphatic heterocycles. The smallest absolute Gasteiger partial charge is 0.265 e. The molecular formula is C8H14O3S. The first-order valence-corrected chi connectivity index (χ1v) is 5.81. The van der Waals surface area contributed by atoms with E-state index < -0.39 is 10.1 Å². The summed E-state index contributed by atoms with van der Waals surface area (Å²) in [7, 11) is -3.79. The van der Waals surface area contributed by atoms with Crippen LogP contribution in [0.25, 0.3) is 0 Å². The number of rotatable bonds is 2. The van der Waals surface area contributed by atoms with Crippen LogP contribution in [0.3, 0.4) is 0 Å². The second-order valence-corrected chi connectivity index (χ2v) is 4.72. The molecule has 1 rings (SSSR count). The van der Waals surface area contributed by atoms with Gasteiger partial charge in [-0.2, -0.15) is 8.42 Å². The molecular weight excluding hydrogens is 176 g/mol. The van der Waals surface area contributed by atoms with Crippen molar-refractivity contribution in [3.8, 4) is 0 Å². The quantitative estimate of drug-likeness (QED) is 0.531. The van der Waals surface area contributed by atoms with E-state index in [4.69, 9.17) is 4.55 Å². The van der Waals surface area contributed by atoms with Gasteiger partial charge in [-0.25, -0.2) is 0 Å². The number of hydrogen-bond donors (Lipinski definition) is 1. The summed E-state index contributed by atoms with van der Waals surface area (Å²) >= 11 is 0. The Morgan fingerprint density at radius 1 is 1.42 bits per heavy atom. The van der Waals surface area contributed by atoms with E-state index in [0.717, 1.165) is 25.7 Å². The summed E-state index contributed by atoms with van der Waals surface area (Å²) in [5, 5.41) is 0. The SMILES string of the molecule is O=S(=O)(O)CC1C=CCCCC1. The summed E-state index contributed by atoms with van der Waals surface area (Å²) in [5.41, 5.74) is 0. The number of allylic oxidation sites excluding steroid dienone is 2. The third-order valence-corrected chi connectivity index (χ3v) is 2.88. The molecule has 0 bridgehead atoms. The lowest BCUT2D eigenvalue weighted by molar-refractivity contribution is 0.469. The Balaban J connectivity index is 2.51. The van der Waals surface area contributed by atoms with Crippen LogP contribution in [0.5, 0.6) is 0 Å². The van der Waals surface area contributed by atoms with Gasteiger partial charge in [-0.05, 0) is 25.2 Å². The molecule has 0 aromatic heterocycles. The van der Waals surface area contributed by atoms with Crippen molar-refractivity contribution in [2.24, 2.45) is 5.92 Å². The van der Waals surface area contributed by atoms with Crippen LogP contribution in [0, 0.1) is 5.92 Å². The van der Waals surface area contributed by atoms with E-state index in [0.29, 0.717) is 0 Å². The molecule has 0 fully saturated rings. The van der Waals surface area contributed by atoms with Crippen LogP contribution < -0.4 is 0 Å². The van der Waals surface area contributed by atoms with E-state index in [9.17, 15) is 8.42 Å². The highest BCUT2D eigenvalue weighted by atomic mass is 32.2. The average molecular weight is 190 g/mol. The first kappa shape index (κ1) is 9.74. The predicted molar refractivity (Wildman–Crippen MR) is 47.5 cm³/mol. The molecule has 1 unspecified atom stereocenters. The minimum atomic E-state index is -3.79. The van der Waals surface area contributed by atoms with Crippen LogP contribution in [0.1, 0.15) is 25.7 Å². The molecule has 12 heavy (non-hydrogen) atoms. The fraction of sp³-hybridized carbons (Fsp3) is 0.750. The zero-order valence-electron chi connectivity index (χ0n) is 6.94. The summed E-state index contributed by atoms with van der Waals surface area (Å²) < 4.78 is 29.7. The van der Waals surface area contributed by atoms with Crippen LogP contribution in [0.2, 0.25) is 0 Å². The number of hydrogen-bond acceptors (Lipinski definition) is 2. The van der Waals surface area contributed by atoms with Gasteiger partial charge >= 0.3 is 0 Å². The van der Waals surface area contributed by atoms with Crippen molar-refractivity contribution in [2.75, 3.05) is 5.75 Å². The fourth-order valence-corrected chi connectivity index (χ4v) is 2.28. The highest BCUT2D eigenvalue weighted by Gasteiger charge is 2.14. The van der Waals surface area contributed by atoms with Crippen LogP contribution in [0.15, 0.2) is 12.2 Å². The first-order valence-electron chi connectivity index (χ1n) is 4.20. The van der Waals surface area contributed by atoms with Crippen molar-refractivity contribution < 1.29 is 13.0 Å².